The van der Waals surface area contributed by atoms with Crippen molar-refractivity contribution in [2.45, 2.75) is 29.5 Å². The maximum absolute atomic E-state index is 3.20. The van der Waals surface area contributed by atoms with Crippen LogP contribution in [0.15, 0.2) is 29.2 Å². The summed E-state index contributed by atoms with van der Waals surface area (Å²) in [6.45, 7) is 0.982. The third kappa shape index (κ3) is 3.19. The van der Waals surface area contributed by atoms with Gasteiger partial charge in [0.15, 0.2) is 0 Å². The molecule has 0 amide bonds. The molecule has 3 heteroatoms. The molecule has 78 valence electrons. The highest BCUT2D eigenvalue weighted by atomic mass is 35.5. The molecular weight excluding hydrogens is 214 g/mol. The van der Waals surface area contributed by atoms with Crippen molar-refractivity contribution < 1.29 is 0 Å². The molecule has 0 bridgehead atoms. The number of hydrogen-bond acceptors (Lipinski definition) is 2. The minimum Gasteiger partial charge on any atom is -0.316 e. The van der Waals surface area contributed by atoms with E-state index in [2.05, 4.69) is 29.6 Å². The first-order valence-electron chi connectivity index (χ1n) is 4.79. The van der Waals surface area contributed by atoms with Crippen LogP contribution in [0.25, 0.3) is 0 Å². The van der Waals surface area contributed by atoms with Gasteiger partial charge in [-0.15, -0.1) is 24.2 Å². The van der Waals surface area contributed by atoms with Crippen LogP contribution < -0.4 is 5.32 Å². The molecule has 1 aliphatic rings. The second kappa shape index (κ2) is 5.64. The largest absolute Gasteiger partial charge is 0.316 e. The van der Waals surface area contributed by atoms with E-state index in [1.807, 2.05) is 18.8 Å². The van der Waals surface area contributed by atoms with E-state index < -0.39 is 0 Å². The van der Waals surface area contributed by atoms with Gasteiger partial charge in [-0.2, -0.15) is 0 Å². The van der Waals surface area contributed by atoms with Crippen molar-refractivity contribution in [1.82, 2.24) is 5.32 Å². The Morgan fingerprint density at radius 2 is 2.07 bits per heavy atom. The van der Waals surface area contributed by atoms with E-state index in [9.17, 15) is 0 Å². The summed E-state index contributed by atoms with van der Waals surface area (Å²) in [4.78, 5) is 1.46. The Labute approximate surface area is 96.1 Å². The number of benzene rings is 1. The minimum absolute atomic E-state index is 0. The average molecular weight is 230 g/mol. The fourth-order valence-electron chi connectivity index (χ4n) is 1.32. The summed E-state index contributed by atoms with van der Waals surface area (Å²) in [6.07, 6.45) is 2.80. The molecule has 1 aromatic rings. The van der Waals surface area contributed by atoms with Crippen LogP contribution in [-0.4, -0.2) is 12.3 Å². The Morgan fingerprint density at radius 1 is 1.36 bits per heavy atom. The molecule has 0 aromatic heterocycles. The van der Waals surface area contributed by atoms with E-state index in [0.29, 0.717) is 0 Å². The molecule has 0 radical (unpaired) electrons. The Balaban J connectivity index is 0.000000980. The molecule has 1 fully saturated rings. The molecule has 0 aliphatic heterocycles. The molecule has 0 unspecified atom stereocenters. The lowest BCUT2D eigenvalue weighted by Gasteiger charge is -2.07. The zero-order valence-electron chi connectivity index (χ0n) is 8.32. The van der Waals surface area contributed by atoms with E-state index in [1.54, 1.807) is 0 Å². The van der Waals surface area contributed by atoms with Gasteiger partial charge in [-0.1, -0.05) is 18.2 Å². The second-order valence-corrected chi connectivity index (χ2v) is 4.80. The molecule has 1 N–H and O–H groups in total. The van der Waals surface area contributed by atoms with E-state index in [4.69, 9.17) is 0 Å². The lowest BCUT2D eigenvalue weighted by Crippen LogP contribution is -2.05. The van der Waals surface area contributed by atoms with Crippen molar-refractivity contribution in [2.75, 3.05) is 7.05 Å². The Hall–Kier alpha value is -0.180. The number of nitrogens with one attached hydrogen (secondary N) is 1. The van der Waals surface area contributed by atoms with Crippen LogP contribution in [0, 0.1) is 0 Å². The van der Waals surface area contributed by atoms with Crippen LogP contribution in [0.4, 0.5) is 0 Å². The van der Waals surface area contributed by atoms with Crippen molar-refractivity contribution in [3.8, 4) is 0 Å². The molecule has 1 aromatic carbocycles. The minimum atomic E-state index is 0. The zero-order chi connectivity index (χ0) is 9.10. The van der Waals surface area contributed by atoms with Crippen molar-refractivity contribution in [1.29, 1.82) is 0 Å². The fraction of sp³-hybridized carbons (Fsp3) is 0.455. The molecule has 0 spiro atoms. The van der Waals surface area contributed by atoms with Crippen LogP contribution in [0.5, 0.6) is 0 Å². The maximum atomic E-state index is 3.20. The van der Waals surface area contributed by atoms with E-state index in [1.165, 1.54) is 23.3 Å². The number of hydrogen-bond donors (Lipinski definition) is 1. The number of thioether (sulfide) groups is 1. The van der Waals surface area contributed by atoms with Gasteiger partial charge in [0.05, 0.1) is 0 Å². The normalized spacial score (nSPS) is 14.9. The quantitative estimate of drug-likeness (QED) is 0.852. The molecule has 1 saturated carbocycles. The first-order chi connectivity index (χ1) is 6.40. The highest BCUT2D eigenvalue weighted by molar-refractivity contribution is 8.00. The van der Waals surface area contributed by atoms with Crippen LogP contribution in [0.3, 0.4) is 0 Å². The third-order valence-corrected chi connectivity index (χ3v) is 3.61. The van der Waals surface area contributed by atoms with Gasteiger partial charge in [0.1, 0.15) is 0 Å². The lowest BCUT2D eigenvalue weighted by atomic mass is 10.2. The van der Waals surface area contributed by atoms with Gasteiger partial charge in [-0.3, -0.25) is 0 Å². The van der Waals surface area contributed by atoms with Crippen LogP contribution >= 0.6 is 24.2 Å². The summed E-state index contributed by atoms with van der Waals surface area (Å²) >= 11 is 2.04. The maximum Gasteiger partial charge on any atom is 0.0213 e. The second-order valence-electron chi connectivity index (χ2n) is 3.46. The molecule has 0 atom stereocenters. The predicted molar refractivity (Wildman–Crippen MR) is 65.3 cm³/mol. The van der Waals surface area contributed by atoms with Crippen LogP contribution in [-0.2, 0) is 6.54 Å². The summed E-state index contributed by atoms with van der Waals surface area (Å²) in [6, 6.07) is 8.68. The molecular formula is C11H16ClNS. The molecule has 0 saturated heterocycles. The van der Waals surface area contributed by atoms with E-state index in [0.717, 1.165) is 11.8 Å². The van der Waals surface area contributed by atoms with Crippen molar-refractivity contribution in [3.63, 3.8) is 0 Å². The van der Waals surface area contributed by atoms with Crippen LogP contribution in [0.1, 0.15) is 18.4 Å². The molecule has 1 nitrogen and oxygen atoms in total. The topological polar surface area (TPSA) is 12.0 Å². The van der Waals surface area contributed by atoms with Crippen LogP contribution in [0.2, 0.25) is 0 Å². The summed E-state index contributed by atoms with van der Waals surface area (Å²) in [5.41, 5.74) is 1.43. The molecule has 14 heavy (non-hydrogen) atoms. The Morgan fingerprint density at radius 3 is 2.71 bits per heavy atom. The lowest BCUT2D eigenvalue weighted by molar-refractivity contribution is 0.803. The van der Waals surface area contributed by atoms with Gasteiger partial charge in [-0.25, -0.2) is 0 Å². The third-order valence-electron chi connectivity index (χ3n) is 2.16. The molecule has 1 aliphatic carbocycles. The summed E-state index contributed by atoms with van der Waals surface area (Å²) < 4.78 is 0. The first kappa shape index (κ1) is 11.9. The molecule has 2 rings (SSSR count). The standard InChI is InChI=1S/C11H15NS.ClH/c1-12-8-9-4-2-3-5-11(9)13-10-6-7-10;/h2-5,10,12H,6-8H2,1H3;1H. The molecule has 0 heterocycles. The van der Waals surface area contributed by atoms with Gasteiger partial charge in [0.2, 0.25) is 0 Å². The van der Waals surface area contributed by atoms with Gasteiger partial charge in [0, 0.05) is 16.7 Å². The summed E-state index contributed by atoms with van der Waals surface area (Å²) in [5, 5.41) is 4.11. The van der Waals surface area contributed by atoms with Gasteiger partial charge < -0.3 is 5.32 Å². The number of halogens is 1. The Bertz CT molecular complexity index is 286. The van der Waals surface area contributed by atoms with Gasteiger partial charge >= 0.3 is 0 Å². The predicted octanol–water partition coefficient (Wildman–Crippen LogP) is 3.08. The number of rotatable bonds is 4. The van der Waals surface area contributed by atoms with Gasteiger partial charge in [-0.05, 0) is 31.5 Å². The highest BCUT2D eigenvalue weighted by Gasteiger charge is 2.23. The van der Waals surface area contributed by atoms with Crippen molar-refractivity contribution >= 4 is 24.2 Å². The SMILES string of the molecule is CNCc1ccccc1SC1CC1.Cl. The highest BCUT2D eigenvalue weighted by Crippen LogP contribution is 2.40. The van der Waals surface area contributed by atoms with Gasteiger partial charge in [0.25, 0.3) is 0 Å². The Kier molecular flexibility index (Phi) is 4.79. The monoisotopic (exact) mass is 229 g/mol. The van der Waals surface area contributed by atoms with Crippen molar-refractivity contribution in [3.05, 3.63) is 29.8 Å². The van der Waals surface area contributed by atoms with E-state index in [-0.39, 0.29) is 12.4 Å². The van der Waals surface area contributed by atoms with E-state index >= 15 is 0 Å². The fourth-order valence-corrected chi connectivity index (χ4v) is 2.50. The average Bonchev–Trinajstić information content (AvgIpc) is 2.93. The first-order valence-corrected chi connectivity index (χ1v) is 5.67. The summed E-state index contributed by atoms with van der Waals surface area (Å²) in [5.74, 6) is 0. The smallest absolute Gasteiger partial charge is 0.0213 e. The van der Waals surface area contributed by atoms with Crippen molar-refractivity contribution in [2.24, 2.45) is 0 Å². The zero-order valence-corrected chi connectivity index (χ0v) is 9.96. The summed E-state index contributed by atoms with van der Waals surface area (Å²) in [7, 11) is 2.00.